The van der Waals surface area contributed by atoms with E-state index in [0.717, 1.165) is 42.8 Å². The lowest BCUT2D eigenvalue weighted by molar-refractivity contribution is -0.131. The van der Waals surface area contributed by atoms with Gasteiger partial charge < -0.3 is 15.0 Å². The summed E-state index contributed by atoms with van der Waals surface area (Å²) in [4.78, 5) is 5.77. The van der Waals surface area contributed by atoms with Crippen LogP contribution in [0.4, 0.5) is 4.39 Å². The van der Waals surface area contributed by atoms with Crippen molar-refractivity contribution in [3.05, 3.63) is 35.8 Å². The fourth-order valence-corrected chi connectivity index (χ4v) is 3.65. The second-order valence-electron chi connectivity index (χ2n) is 6.52. The van der Waals surface area contributed by atoms with Crippen molar-refractivity contribution in [3.8, 4) is 0 Å². The Morgan fingerprint density at radius 1 is 1.27 bits per heavy atom. The Morgan fingerprint density at radius 3 is 2.82 bits per heavy atom. The summed E-state index contributed by atoms with van der Waals surface area (Å²) in [5, 5.41) is 4.52. The number of nitrogens with one attached hydrogen (secondary N) is 2. The van der Waals surface area contributed by atoms with E-state index < -0.39 is 0 Å². The molecule has 0 bridgehead atoms. The number of hydrogen-bond donors (Lipinski definition) is 2. The van der Waals surface area contributed by atoms with E-state index in [1.165, 1.54) is 32.0 Å². The molecule has 0 spiro atoms. The van der Waals surface area contributed by atoms with E-state index in [9.17, 15) is 4.39 Å². The van der Waals surface area contributed by atoms with Gasteiger partial charge in [0.05, 0.1) is 18.8 Å². The summed E-state index contributed by atoms with van der Waals surface area (Å²) in [7, 11) is 0. The standard InChI is InChI=1S/C17H22FN3O/c18-14-3-4-16-15(7-14)13(9-20-16)8-19-10-17(11-22-12-17)21-5-1-2-6-21/h3-4,7,9,19-20H,1-2,5-6,8,10-12H2. The van der Waals surface area contributed by atoms with Gasteiger partial charge in [-0.3, -0.25) is 4.90 Å². The second-order valence-corrected chi connectivity index (χ2v) is 6.52. The molecule has 1 aromatic carbocycles. The summed E-state index contributed by atoms with van der Waals surface area (Å²) >= 11 is 0. The highest BCUT2D eigenvalue weighted by Crippen LogP contribution is 2.28. The zero-order chi connectivity index (χ0) is 15.0. The Labute approximate surface area is 129 Å². The minimum Gasteiger partial charge on any atom is -0.377 e. The molecule has 2 aliphatic heterocycles. The van der Waals surface area contributed by atoms with E-state index in [-0.39, 0.29) is 11.4 Å². The Balaban J connectivity index is 1.42. The summed E-state index contributed by atoms with van der Waals surface area (Å²) in [6, 6.07) is 4.88. The van der Waals surface area contributed by atoms with Crippen LogP contribution in [0, 0.1) is 5.82 Å². The van der Waals surface area contributed by atoms with Crippen molar-refractivity contribution in [2.45, 2.75) is 24.9 Å². The maximum Gasteiger partial charge on any atom is 0.123 e. The average molecular weight is 303 g/mol. The predicted molar refractivity (Wildman–Crippen MR) is 84.3 cm³/mol. The van der Waals surface area contributed by atoms with Crippen molar-refractivity contribution in [1.82, 2.24) is 15.2 Å². The molecule has 0 amide bonds. The highest BCUT2D eigenvalue weighted by atomic mass is 19.1. The normalized spacial score (nSPS) is 21.3. The number of ether oxygens (including phenoxy) is 1. The SMILES string of the molecule is Fc1ccc2[nH]cc(CNCC3(N4CCCC4)COC3)c2c1. The molecule has 4 rings (SSSR count). The topological polar surface area (TPSA) is 40.3 Å². The maximum absolute atomic E-state index is 13.4. The van der Waals surface area contributed by atoms with E-state index in [0.29, 0.717) is 0 Å². The monoisotopic (exact) mass is 303 g/mol. The highest BCUT2D eigenvalue weighted by Gasteiger charge is 2.44. The number of fused-ring (bicyclic) bond motifs is 1. The Hall–Kier alpha value is -1.43. The van der Waals surface area contributed by atoms with E-state index in [1.54, 1.807) is 12.1 Å². The van der Waals surface area contributed by atoms with Gasteiger partial charge in [-0.2, -0.15) is 0 Å². The minimum atomic E-state index is -0.186. The molecule has 0 unspecified atom stereocenters. The molecular formula is C17H22FN3O. The number of aromatic amines is 1. The molecule has 2 N–H and O–H groups in total. The van der Waals surface area contributed by atoms with Gasteiger partial charge in [-0.15, -0.1) is 0 Å². The van der Waals surface area contributed by atoms with Gasteiger partial charge >= 0.3 is 0 Å². The fourth-order valence-electron chi connectivity index (χ4n) is 3.65. The molecule has 5 heteroatoms. The third kappa shape index (κ3) is 2.43. The molecule has 0 saturated carbocycles. The fraction of sp³-hybridized carbons (Fsp3) is 0.529. The molecule has 0 atom stereocenters. The number of rotatable bonds is 5. The molecular weight excluding hydrogens is 281 g/mol. The van der Waals surface area contributed by atoms with Crippen molar-refractivity contribution in [2.24, 2.45) is 0 Å². The summed E-state index contributed by atoms with van der Waals surface area (Å²) < 4.78 is 18.9. The Morgan fingerprint density at radius 2 is 2.09 bits per heavy atom. The molecule has 0 radical (unpaired) electrons. The zero-order valence-electron chi connectivity index (χ0n) is 12.7. The molecule has 2 aliphatic rings. The lowest BCUT2D eigenvalue weighted by Crippen LogP contribution is -2.66. The van der Waals surface area contributed by atoms with Crippen LogP contribution in [0.25, 0.3) is 10.9 Å². The summed E-state index contributed by atoms with van der Waals surface area (Å²) in [6.07, 6.45) is 4.56. The number of likely N-dealkylation sites (tertiary alicyclic amines) is 1. The first-order valence-electron chi connectivity index (χ1n) is 8.06. The highest BCUT2D eigenvalue weighted by molar-refractivity contribution is 5.83. The van der Waals surface area contributed by atoms with Gasteiger partial charge in [0.1, 0.15) is 5.82 Å². The number of hydrogen-bond acceptors (Lipinski definition) is 3. The van der Waals surface area contributed by atoms with Crippen LogP contribution < -0.4 is 5.32 Å². The van der Waals surface area contributed by atoms with Gasteiger partial charge in [0.2, 0.25) is 0 Å². The smallest absolute Gasteiger partial charge is 0.123 e. The van der Waals surface area contributed by atoms with Gasteiger partial charge in [0.15, 0.2) is 0 Å². The Kier molecular flexibility index (Phi) is 3.64. The first kappa shape index (κ1) is 14.2. The number of H-pyrrole nitrogens is 1. The van der Waals surface area contributed by atoms with Crippen LogP contribution in [0.15, 0.2) is 24.4 Å². The van der Waals surface area contributed by atoms with Crippen LogP contribution in [0.1, 0.15) is 18.4 Å². The van der Waals surface area contributed by atoms with E-state index in [4.69, 9.17) is 4.74 Å². The van der Waals surface area contributed by atoms with Crippen molar-refractivity contribution >= 4 is 10.9 Å². The lowest BCUT2D eigenvalue weighted by Gasteiger charge is -2.48. The van der Waals surface area contributed by atoms with Crippen LogP contribution in [-0.4, -0.2) is 48.3 Å². The van der Waals surface area contributed by atoms with Crippen LogP contribution >= 0.6 is 0 Å². The second kappa shape index (κ2) is 5.65. The molecule has 2 saturated heterocycles. The molecule has 2 fully saturated rings. The summed E-state index contributed by atoms with van der Waals surface area (Å²) in [6.45, 7) is 5.69. The third-order valence-corrected chi connectivity index (χ3v) is 5.02. The molecule has 2 aromatic rings. The van der Waals surface area contributed by atoms with Gasteiger partial charge in [0.25, 0.3) is 0 Å². The molecule has 118 valence electrons. The van der Waals surface area contributed by atoms with Gasteiger partial charge in [-0.1, -0.05) is 0 Å². The minimum absolute atomic E-state index is 0.174. The summed E-state index contributed by atoms with van der Waals surface area (Å²) in [5.41, 5.74) is 2.28. The van der Waals surface area contributed by atoms with Gasteiger partial charge in [-0.05, 0) is 49.7 Å². The first-order chi connectivity index (χ1) is 10.8. The quantitative estimate of drug-likeness (QED) is 0.890. The zero-order valence-corrected chi connectivity index (χ0v) is 12.7. The third-order valence-electron chi connectivity index (χ3n) is 5.02. The maximum atomic E-state index is 13.4. The molecule has 22 heavy (non-hydrogen) atoms. The van der Waals surface area contributed by atoms with Crippen molar-refractivity contribution in [1.29, 1.82) is 0 Å². The largest absolute Gasteiger partial charge is 0.377 e. The van der Waals surface area contributed by atoms with Crippen LogP contribution in [0.5, 0.6) is 0 Å². The molecule has 1 aromatic heterocycles. The number of nitrogens with zero attached hydrogens (tertiary/aromatic N) is 1. The van der Waals surface area contributed by atoms with Crippen LogP contribution in [0.3, 0.4) is 0 Å². The number of benzene rings is 1. The average Bonchev–Trinajstić information content (AvgIpc) is 3.12. The van der Waals surface area contributed by atoms with Crippen molar-refractivity contribution in [2.75, 3.05) is 32.8 Å². The summed E-state index contributed by atoms with van der Waals surface area (Å²) in [5.74, 6) is -0.186. The van der Waals surface area contributed by atoms with E-state index in [2.05, 4.69) is 15.2 Å². The van der Waals surface area contributed by atoms with Gasteiger partial charge in [-0.25, -0.2) is 4.39 Å². The Bertz CT molecular complexity index is 659. The number of halogens is 1. The predicted octanol–water partition coefficient (Wildman–Crippen LogP) is 2.26. The molecule has 4 nitrogen and oxygen atoms in total. The molecule has 3 heterocycles. The van der Waals surface area contributed by atoms with Crippen molar-refractivity contribution < 1.29 is 9.13 Å². The van der Waals surface area contributed by atoms with Gasteiger partial charge in [0, 0.05) is 30.2 Å². The lowest BCUT2D eigenvalue weighted by atomic mass is 9.95. The number of aromatic nitrogens is 1. The van der Waals surface area contributed by atoms with Crippen LogP contribution in [0.2, 0.25) is 0 Å². The van der Waals surface area contributed by atoms with E-state index in [1.807, 2.05) is 6.20 Å². The van der Waals surface area contributed by atoms with Crippen LogP contribution in [-0.2, 0) is 11.3 Å². The molecule has 0 aliphatic carbocycles. The van der Waals surface area contributed by atoms with Crippen molar-refractivity contribution in [3.63, 3.8) is 0 Å². The first-order valence-corrected chi connectivity index (χ1v) is 8.06. The van der Waals surface area contributed by atoms with E-state index >= 15 is 0 Å².